The van der Waals surface area contributed by atoms with Gasteiger partial charge in [-0.15, -0.1) is 0 Å². The minimum Gasteiger partial charge on any atom is -0.253 e. The predicted molar refractivity (Wildman–Crippen MR) is 72.3 cm³/mol. The fourth-order valence-corrected chi connectivity index (χ4v) is 2.61. The van der Waals surface area contributed by atoms with E-state index in [-0.39, 0.29) is 0 Å². The number of fused-ring (bicyclic) bond motifs is 1. The number of hydrogen-bond acceptors (Lipinski definition) is 1. The predicted octanol–water partition coefficient (Wildman–Crippen LogP) is 4.69. The van der Waals surface area contributed by atoms with Gasteiger partial charge >= 0.3 is 0 Å². The molecule has 1 aliphatic rings. The molecule has 2 aromatic carbocycles. The Bertz CT molecular complexity index is 660. The molecule has 0 unspecified atom stereocenters. The molecule has 0 saturated heterocycles. The van der Waals surface area contributed by atoms with Crippen LogP contribution in [0, 0.1) is 11.6 Å². The van der Waals surface area contributed by atoms with E-state index in [0.717, 1.165) is 35.7 Å². The number of hydrogen-bond donors (Lipinski definition) is 0. The zero-order chi connectivity index (χ0) is 13.4. The van der Waals surface area contributed by atoms with Crippen LogP contribution in [-0.2, 0) is 6.42 Å². The summed E-state index contributed by atoms with van der Waals surface area (Å²) in [6.07, 6.45) is 1.54. The van der Waals surface area contributed by atoms with Crippen molar-refractivity contribution in [3.05, 3.63) is 64.2 Å². The Balaban J connectivity index is 2.05. The van der Waals surface area contributed by atoms with Crippen molar-refractivity contribution in [2.45, 2.75) is 12.8 Å². The third kappa shape index (κ3) is 2.38. The maximum Gasteiger partial charge on any atom is 0.128 e. The lowest BCUT2D eigenvalue weighted by atomic mass is 10.1. The summed E-state index contributed by atoms with van der Waals surface area (Å²) in [5.41, 5.74) is 3.14. The van der Waals surface area contributed by atoms with Gasteiger partial charge in [-0.1, -0.05) is 23.7 Å². The largest absolute Gasteiger partial charge is 0.253 e. The van der Waals surface area contributed by atoms with Crippen LogP contribution in [0.3, 0.4) is 0 Å². The number of rotatable bonds is 1. The first-order valence-corrected chi connectivity index (χ1v) is 6.33. The summed E-state index contributed by atoms with van der Waals surface area (Å²) in [7, 11) is 0. The van der Waals surface area contributed by atoms with Crippen LogP contribution in [0.25, 0.3) is 0 Å². The third-order valence-corrected chi connectivity index (χ3v) is 3.51. The SMILES string of the molecule is Fc1cc(F)cc(N=C2CCc3c(Cl)cccc32)c1. The second kappa shape index (κ2) is 4.74. The molecule has 0 aliphatic heterocycles. The molecule has 0 N–H and O–H groups in total. The highest BCUT2D eigenvalue weighted by molar-refractivity contribution is 6.32. The smallest absolute Gasteiger partial charge is 0.128 e. The molecule has 4 heteroatoms. The van der Waals surface area contributed by atoms with Gasteiger partial charge in [-0.25, -0.2) is 8.78 Å². The Morgan fingerprint density at radius 2 is 1.74 bits per heavy atom. The van der Waals surface area contributed by atoms with Crippen molar-refractivity contribution in [2.75, 3.05) is 0 Å². The highest BCUT2D eigenvalue weighted by Crippen LogP contribution is 2.30. The minimum atomic E-state index is -0.622. The van der Waals surface area contributed by atoms with Crippen molar-refractivity contribution >= 4 is 23.0 Å². The van der Waals surface area contributed by atoms with Gasteiger partial charge in [0.25, 0.3) is 0 Å². The van der Waals surface area contributed by atoms with E-state index >= 15 is 0 Å². The molecule has 3 rings (SSSR count). The Kier molecular flexibility index (Phi) is 3.07. The molecule has 0 heterocycles. The summed E-state index contributed by atoms with van der Waals surface area (Å²) < 4.78 is 26.3. The van der Waals surface area contributed by atoms with Crippen LogP contribution in [0.15, 0.2) is 41.4 Å². The summed E-state index contributed by atoms with van der Waals surface area (Å²) in [5, 5.41) is 0.716. The second-order valence-corrected chi connectivity index (χ2v) is 4.86. The van der Waals surface area contributed by atoms with Crippen LogP contribution in [0.2, 0.25) is 5.02 Å². The molecule has 19 heavy (non-hydrogen) atoms. The molecule has 0 radical (unpaired) electrons. The van der Waals surface area contributed by atoms with E-state index in [0.29, 0.717) is 10.7 Å². The van der Waals surface area contributed by atoms with Gasteiger partial charge in [0.2, 0.25) is 0 Å². The minimum absolute atomic E-state index is 0.292. The molecular formula is C15H10ClF2N. The van der Waals surface area contributed by atoms with E-state index in [9.17, 15) is 8.78 Å². The van der Waals surface area contributed by atoms with Gasteiger partial charge in [0.05, 0.1) is 5.69 Å². The first-order chi connectivity index (χ1) is 9.13. The van der Waals surface area contributed by atoms with E-state index in [1.54, 1.807) is 0 Å². The summed E-state index contributed by atoms with van der Waals surface area (Å²) in [6.45, 7) is 0. The highest BCUT2D eigenvalue weighted by Gasteiger charge is 2.19. The summed E-state index contributed by atoms with van der Waals surface area (Å²) >= 11 is 6.11. The molecule has 0 bridgehead atoms. The van der Waals surface area contributed by atoms with Crippen molar-refractivity contribution in [3.8, 4) is 0 Å². The van der Waals surface area contributed by atoms with Gasteiger partial charge in [0.15, 0.2) is 0 Å². The monoisotopic (exact) mass is 277 g/mol. The molecule has 96 valence electrons. The van der Waals surface area contributed by atoms with Crippen molar-refractivity contribution in [3.63, 3.8) is 0 Å². The van der Waals surface area contributed by atoms with Crippen molar-refractivity contribution in [1.29, 1.82) is 0 Å². The molecule has 2 aromatic rings. The first-order valence-electron chi connectivity index (χ1n) is 5.95. The van der Waals surface area contributed by atoms with Crippen LogP contribution in [-0.4, -0.2) is 5.71 Å². The second-order valence-electron chi connectivity index (χ2n) is 4.45. The lowest BCUT2D eigenvalue weighted by Crippen LogP contribution is -1.94. The Morgan fingerprint density at radius 3 is 2.47 bits per heavy atom. The average Bonchev–Trinajstić information content (AvgIpc) is 2.73. The van der Waals surface area contributed by atoms with Crippen LogP contribution >= 0.6 is 11.6 Å². The number of benzene rings is 2. The fourth-order valence-electron chi connectivity index (χ4n) is 2.34. The molecular weight excluding hydrogens is 268 g/mol. The molecule has 0 aromatic heterocycles. The summed E-state index contributed by atoms with van der Waals surface area (Å²) in [5.74, 6) is -1.24. The summed E-state index contributed by atoms with van der Waals surface area (Å²) in [4.78, 5) is 4.34. The van der Waals surface area contributed by atoms with Gasteiger partial charge in [-0.3, -0.25) is 4.99 Å². The zero-order valence-corrected chi connectivity index (χ0v) is 10.7. The van der Waals surface area contributed by atoms with E-state index in [2.05, 4.69) is 4.99 Å². The van der Waals surface area contributed by atoms with E-state index < -0.39 is 11.6 Å². The summed E-state index contributed by atoms with van der Waals surface area (Å²) in [6, 6.07) is 8.91. The van der Waals surface area contributed by atoms with E-state index in [4.69, 9.17) is 11.6 Å². The molecule has 0 fully saturated rings. The van der Waals surface area contributed by atoms with Gasteiger partial charge < -0.3 is 0 Å². The topological polar surface area (TPSA) is 12.4 Å². The maximum absolute atomic E-state index is 13.1. The Labute approximate surface area is 114 Å². The maximum atomic E-state index is 13.1. The highest BCUT2D eigenvalue weighted by atomic mass is 35.5. The van der Waals surface area contributed by atoms with Crippen LogP contribution in [0.4, 0.5) is 14.5 Å². The Morgan fingerprint density at radius 1 is 1.00 bits per heavy atom. The molecule has 0 spiro atoms. The standard InChI is InChI=1S/C15H10ClF2N/c16-14-3-1-2-13-12(14)4-5-15(13)19-11-7-9(17)6-10(18)8-11/h1-3,6-8H,4-5H2. The van der Waals surface area contributed by atoms with Crippen molar-refractivity contribution in [2.24, 2.45) is 4.99 Å². The quantitative estimate of drug-likeness (QED) is 0.717. The first kappa shape index (κ1) is 12.3. The molecule has 1 aliphatic carbocycles. The van der Waals surface area contributed by atoms with Gasteiger partial charge in [0.1, 0.15) is 11.6 Å². The molecule has 0 saturated carbocycles. The van der Waals surface area contributed by atoms with Crippen molar-refractivity contribution < 1.29 is 8.78 Å². The lowest BCUT2D eigenvalue weighted by Gasteiger charge is -2.02. The molecule has 0 amide bonds. The molecule has 0 atom stereocenters. The number of aliphatic imine (C=N–C) groups is 1. The lowest BCUT2D eigenvalue weighted by molar-refractivity contribution is 0.584. The molecule has 1 nitrogen and oxygen atoms in total. The van der Waals surface area contributed by atoms with Gasteiger partial charge in [0, 0.05) is 22.4 Å². The van der Waals surface area contributed by atoms with Crippen LogP contribution < -0.4 is 0 Å². The zero-order valence-electron chi connectivity index (χ0n) is 9.96. The normalized spacial score (nSPS) is 15.8. The van der Waals surface area contributed by atoms with Crippen LogP contribution in [0.1, 0.15) is 17.5 Å². The van der Waals surface area contributed by atoms with Crippen LogP contribution in [0.5, 0.6) is 0 Å². The van der Waals surface area contributed by atoms with Gasteiger partial charge in [-0.05, 0) is 36.6 Å². The van der Waals surface area contributed by atoms with Gasteiger partial charge in [-0.2, -0.15) is 0 Å². The van der Waals surface area contributed by atoms with E-state index in [1.165, 1.54) is 12.1 Å². The number of nitrogens with zero attached hydrogens (tertiary/aromatic N) is 1. The number of halogens is 3. The fraction of sp³-hybridized carbons (Fsp3) is 0.133. The Hall–Kier alpha value is -1.74. The third-order valence-electron chi connectivity index (χ3n) is 3.15. The van der Waals surface area contributed by atoms with E-state index in [1.807, 2.05) is 18.2 Å². The van der Waals surface area contributed by atoms with Crippen molar-refractivity contribution in [1.82, 2.24) is 0 Å². The average molecular weight is 278 g/mol.